The summed E-state index contributed by atoms with van der Waals surface area (Å²) in [5.41, 5.74) is 0. The van der Waals surface area contributed by atoms with Gasteiger partial charge in [-0.15, -0.1) is 0 Å². The summed E-state index contributed by atoms with van der Waals surface area (Å²) in [4.78, 5) is 10.5. The number of carbonyl (C=O) groups is 1. The third-order valence-electron chi connectivity index (χ3n) is 1.93. The van der Waals surface area contributed by atoms with Crippen molar-refractivity contribution in [3.05, 3.63) is 0 Å². The van der Waals surface area contributed by atoms with Crippen molar-refractivity contribution in [3.8, 4) is 0 Å². The average molecular weight is 130 g/mol. The highest BCUT2D eigenvalue weighted by atomic mass is 35.5. The lowest BCUT2D eigenvalue weighted by atomic mass is 9.56. The molecule has 1 rings (SSSR count). The number of hydrogen-bond donors (Lipinski definition) is 0. The summed E-state index contributed by atoms with van der Waals surface area (Å²) in [6.45, 7) is 0. The monoisotopic (exact) mass is 130 g/mol. The van der Waals surface area contributed by atoms with Gasteiger partial charge in [0.2, 0.25) is 5.24 Å². The van der Waals surface area contributed by atoms with Crippen LogP contribution < -0.4 is 0 Å². The molecule has 1 aliphatic rings. The Morgan fingerprint density at radius 3 is 2.12 bits per heavy atom. The molecule has 0 heterocycles. The molecule has 0 unspecified atom stereocenters. The minimum atomic E-state index is -0.163. The van der Waals surface area contributed by atoms with Gasteiger partial charge in [0.05, 0.1) is 0 Å². The molecule has 0 aliphatic heterocycles. The SMILES string of the molecule is BC1(C(=O)Cl)CCC1. The maximum absolute atomic E-state index is 10.5. The predicted octanol–water partition coefficient (Wildman–Crippen LogP) is 0.728. The number of carbonyl (C=O) groups excluding carboxylic acids is 1. The second-order valence-electron chi connectivity index (χ2n) is 2.69. The lowest BCUT2D eigenvalue weighted by Gasteiger charge is -2.34. The van der Waals surface area contributed by atoms with Gasteiger partial charge >= 0.3 is 0 Å². The molecule has 0 bridgehead atoms. The fraction of sp³-hybridized carbons (Fsp3) is 0.800. The second kappa shape index (κ2) is 1.76. The zero-order valence-corrected chi connectivity index (χ0v) is 5.66. The highest BCUT2D eigenvalue weighted by molar-refractivity contribution is 6.69. The summed E-state index contributed by atoms with van der Waals surface area (Å²) in [5, 5.41) is -0.314. The molecule has 1 aliphatic carbocycles. The first-order valence-electron chi connectivity index (χ1n) is 2.85. The summed E-state index contributed by atoms with van der Waals surface area (Å²) in [6.07, 6.45) is 3.12. The van der Waals surface area contributed by atoms with Gasteiger partial charge in [-0.05, 0) is 24.4 Å². The van der Waals surface area contributed by atoms with E-state index >= 15 is 0 Å². The van der Waals surface area contributed by atoms with E-state index in [4.69, 9.17) is 11.6 Å². The Morgan fingerprint density at radius 2 is 2.12 bits per heavy atom. The molecule has 0 radical (unpaired) electrons. The Hall–Kier alpha value is 0.0249. The van der Waals surface area contributed by atoms with Crippen LogP contribution in [0.4, 0.5) is 0 Å². The first kappa shape index (κ1) is 6.15. The molecule has 3 heteroatoms. The molecule has 8 heavy (non-hydrogen) atoms. The van der Waals surface area contributed by atoms with E-state index in [9.17, 15) is 4.79 Å². The summed E-state index contributed by atoms with van der Waals surface area (Å²) in [7, 11) is 1.92. The third-order valence-corrected chi connectivity index (χ3v) is 2.39. The van der Waals surface area contributed by atoms with E-state index < -0.39 is 0 Å². The van der Waals surface area contributed by atoms with Crippen LogP contribution in [0.15, 0.2) is 0 Å². The van der Waals surface area contributed by atoms with Crippen LogP contribution in [0.25, 0.3) is 0 Å². The molecule has 0 aromatic rings. The molecule has 0 saturated heterocycles. The van der Waals surface area contributed by atoms with E-state index in [0.717, 1.165) is 19.3 Å². The highest BCUT2D eigenvalue weighted by Crippen LogP contribution is 2.46. The largest absolute Gasteiger partial charge is 0.282 e. The van der Waals surface area contributed by atoms with E-state index in [2.05, 4.69) is 0 Å². The topological polar surface area (TPSA) is 17.1 Å². The van der Waals surface area contributed by atoms with Gasteiger partial charge in [-0.1, -0.05) is 6.42 Å². The molecular formula is C5H8BClO. The van der Waals surface area contributed by atoms with Gasteiger partial charge in [0.15, 0.2) is 0 Å². The van der Waals surface area contributed by atoms with Crippen LogP contribution in [0, 0.1) is 0 Å². The van der Waals surface area contributed by atoms with Crippen LogP contribution in [0.1, 0.15) is 19.3 Å². The van der Waals surface area contributed by atoms with E-state index in [1.165, 1.54) is 0 Å². The first-order chi connectivity index (χ1) is 3.65. The Balaban J connectivity index is 2.53. The Morgan fingerprint density at radius 1 is 1.62 bits per heavy atom. The normalized spacial score (nSPS) is 24.1. The molecule has 1 nitrogen and oxygen atoms in total. The zero-order chi connectivity index (χ0) is 6.20. The van der Waals surface area contributed by atoms with Crippen molar-refractivity contribution in [2.75, 3.05) is 0 Å². The summed E-state index contributed by atoms with van der Waals surface area (Å²) in [5.74, 6) is 0. The number of halogens is 1. The molecule has 1 fully saturated rings. The second-order valence-corrected chi connectivity index (χ2v) is 3.03. The molecular weight excluding hydrogens is 122 g/mol. The fourth-order valence-corrected chi connectivity index (χ4v) is 1.09. The Kier molecular flexibility index (Phi) is 1.36. The summed E-state index contributed by atoms with van der Waals surface area (Å²) in [6, 6.07) is 0. The molecule has 0 amide bonds. The van der Waals surface area contributed by atoms with Crippen LogP contribution in [0.2, 0.25) is 5.31 Å². The van der Waals surface area contributed by atoms with Crippen molar-refractivity contribution in [2.45, 2.75) is 24.6 Å². The molecule has 1 saturated carbocycles. The van der Waals surface area contributed by atoms with Gasteiger partial charge in [0.25, 0.3) is 0 Å². The lowest BCUT2D eigenvalue weighted by molar-refractivity contribution is -0.116. The van der Waals surface area contributed by atoms with E-state index in [1.807, 2.05) is 7.85 Å². The summed E-state index contributed by atoms with van der Waals surface area (Å²) < 4.78 is 0. The number of rotatable bonds is 1. The van der Waals surface area contributed by atoms with Crippen molar-refractivity contribution < 1.29 is 4.79 Å². The van der Waals surface area contributed by atoms with Gasteiger partial charge in [0, 0.05) is 5.31 Å². The van der Waals surface area contributed by atoms with Crippen LogP contribution in [-0.4, -0.2) is 13.1 Å². The van der Waals surface area contributed by atoms with Gasteiger partial charge in [-0.2, -0.15) is 0 Å². The van der Waals surface area contributed by atoms with E-state index in [0.29, 0.717) is 0 Å². The van der Waals surface area contributed by atoms with Crippen LogP contribution in [0.5, 0.6) is 0 Å². The van der Waals surface area contributed by atoms with Crippen molar-refractivity contribution in [2.24, 2.45) is 0 Å². The Bertz CT molecular complexity index is 120. The molecule has 0 N–H and O–H groups in total. The number of hydrogen-bond acceptors (Lipinski definition) is 1. The molecule has 44 valence electrons. The smallest absolute Gasteiger partial charge is 0.219 e. The van der Waals surface area contributed by atoms with Gasteiger partial charge in [-0.3, -0.25) is 4.79 Å². The van der Waals surface area contributed by atoms with Crippen molar-refractivity contribution in [1.29, 1.82) is 0 Å². The maximum atomic E-state index is 10.5. The van der Waals surface area contributed by atoms with Gasteiger partial charge in [-0.25, -0.2) is 0 Å². The lowest BCUT2D eigenvalue weighted by Crippen LogP contribution is -2.27. The molecule has 0 aromatic heterocycles. The van der Waals surface area contributed by atoms with E-state index in [-0.39, 0.29) is 10.6 Å². The van der Waals surface area contributed by atoms with Gasteiger partial charge in [0.1, 0.15) is 7.85 Å². The van der Waals surface area contributed by atoms with E-state index in [1.54, 1.807) is 0 Å². The maximum Gasteiger partial charge on any atom is 0.219 e. The summed E-state index contributed by atoms with van der Waals surface area (Å²) >= 11 is 5.28. The fourth-order valence-electron chi connectivity index (χ4n) is 0.904. The highest BCUT2D eigenvalue weighted by Gasteiger charge is 2.37. The molecule has 0 atom stereocenters. The first-order valence-corrected chi connectivity index (χ1v) is 3.23. The standard InChI is InChI=1S/C5H8BClO/c6-5(4(7)8)2-1-3-5/h1-3,6H2. The Labute approximate surface area is 54.8 Å². The minimum Gasteiger partial charge on any atom is -0.282 e. The third kappa shape index (κ3) is 0.773. The minimum absolute atomic E-state index is 0.151. The van der Waals surface area contributed by atoms with Crippen LogP contribution >= 0.6 is 11.6 Å². The van der Waals surface area contributed by atoms with Crippen LogP contribution in [0.3, 0.4) is 0 Å². The molecule has 0 spiro atoms. The average Bonchev–Trinajstić information content (AvgIpc) is 1.60. The van der Waals surface area contributed by atoms with Gasteiger partial charge < -0.3 is 0 Å². The predicted molar refractivity (Wildman–Crippen MR) is 35.9 cm³/mol. The van der Waals surface area contributed by atoms with Crippen molar-refractivity contribution >= 4 is 24.7 Å². The van der Waals surface area contributed by atoms with Crippen molar-refractivity contribution in [1.82, 2.24) is 0 Å². The quantitative estimate of drug-likeness (QED) is 0.378. The molecule has 0 aromatic carbocycles. The van der Waals surface area contributed by atoms with Crippen molar-refractivity contribution in [3.63, 3.8) is 0 Å². The zero-order valence-electron chi connectivity index (χ0n) is 4.91. The van der Waals surface area contributed by atoms with Crippen LogP contribution in [-0.2, 0) is 4.79 Å².